The molecule has 0 bridgehead atoms. The summed E-state index contributed by atoms with van der Waals surface area (Å²) in [6, 6.07) is 0.418. The Balaban J connectivity index is 1.78. The highest BCUT2D eigenvalue weighted by molar-refractivity contribution is 5.68. The Morgan fingerprint density at radius 2 is 1.54 bits per heavy atom. The van der Waals surface area contributed by atoms with Gasteiger partial charge in [0.25, 0.3) is 0 Å². The van der Waals surface area contributed by atoms with Gasteiger partial charge in [-0.15, -0.1) is 0 Å². The van der Waals surface area contributed by atoms with Gasteiger partial charge >= 0.3 is 12.2 Å². The Bertz CT molecular complexity index is 447. The fraction of sp³-hybridized carbons (Fsp3) is 0.882. The average molecular weight is 341 g/mol. The molecule has 7 heteroatoms. The quantitative estimate of drug-likeness (QED) is 0.834. The maximum atomic E-state index is 12.1. The summed E-state index contributed by atoms with van der Waals surface area (Å²) in [5.41, 5.74) is -0.453. The van der Waals surface area contributed by atoms with Gasteiger partial charge in [0.1, 0.15) is 5.60 Å². The second kappa shape index (κ2) is 7.59. The fourth-order valence-corrected chi connectivity index (χ4v) is 3.51. The molecule has 2 saturated heterocycles. The molecule has 2 fully saturated rings. The van der Waals surface area contributed by atoms with Gasteiger partial charge in [0.15, 0.2) is 0 Å². The molecule has 0 aromatic carbocycles. The third-order valence-electron chi connectivity index (χ3n) is 5.03. The van der Waals surface area contributed by atoms with Gasteiger partial charge in [-0.25, -0.2) is 9.59 Å². The Kier molecular flexibility index (Phi) is 5.96. The Hall–Kier alpha value is -1.50. The predicted octanol–water partition coefficient (Wildman–Crippen LogP) is 2.32. The van der Waals surface area contributed by atoms with E-state index in [1.54, 1.807) is 4.90 Å². The molecule has 2 aliphatic heterocycles. The van der Waals surface area contributed by atoms with E-state index >= 15 is 0 Å². The molecule has 2 amide bonds. The zero-order chi connectivity index (χ0) is 17.9. The fourth-order valence-electron chi connectivity index (χ4n) is 3.51. The molecule has 0 aromatic rings. The van der Waals surface area contributed by atoms with E-state index in [1.807, 2.05) is 20.8 Å². The van der Waals surface area contributed by atoms with Crippen molar-refractivity contribution in [2.45, 2.75) is 52.2 Å². The first kappa shape index (κ1) is 18.8. The third kappa shape index (κ3) is 5.00. The summed E-state index contributed by atoms with van der Waals surface area (Å²) in [4.78, 5) is 28.8. The van der Waals surface area contributed by atoms with Crippen LogP contribution >= 0.6 is 0 Å². The molecular weight excluding hydrogens is 310 g/mol. The SMILES string of the molecule is C[C@@H](C1CCN(C(=O)OC(C)(C)C)CC1)N1CCN(C(=O)O)CC1. The maximum Gasteiger partial charge on any atom is 0.410 e. The van der Waals surface area contributed by atoms with Crippen LogP contribution in [0.4, 0.5) is 9.59 Å². The smallest absolute Gasteiger partial charge is 0.410 e. The van der Waals surface area contributed by atoms with Crippen LogP contribution in [0.2, 0.25) is 0 Å². The summed E-state index contributed by atoms with van der Waals surface area (Å²) < 4.78 is 5.44. The van der Waals surface area contributed by atoms with Crippen LogP contribution < -0.4 is 0 Å². The molecule has 1 N–H and O–H groups in total. The van der Waals surface area contributed by atoms with Gasteiger partial charge in [0, 0.05) is 45.3 Å². The van der Waals surface area contributed by atoms with Crippen molar-refractivity contribution in [1.82, 2.24) is 14.7 Å². The molecule has 1 atom stereocenters. The molecule has 0 aromatic heterocycles. The van der Waals surface area contributed by atoms with Gasteiger partial charge in [-0.2, -0.15) is 0 Å². The van der Waals surface area contributed by atoms with Gasteiger partial charge in [-0.1, -0.05) is 0 Å². The van der Waals surface area contributed by atoms with Crippen molar-refractivity contribution in [3.05, 3.63) is 0 Å². The van der Waals surface area contributed by atoms with Gasteiger partial charge in [-0.05, 0) is 46.5 Å². The van der Waals surface area contributed by atoms with Crippen molar-refractivity contribution in [1.29, 1.82) is 0 Å². The van der Waals surface area contributed by atoms with Crippen LogP contribution in [-0.2, 0) is 4.74 Å². The van der Waals surface area contributed by atoms with Gasteiger partial charge in [-0.3, -0.25) is 4.90 Å². The lowest BCUT2D eigenvalue weighted by atomic mass is 9.89. The van der Waals surface area contributed by atoms with Crippen molar-refractivity contribution in [3.8, 4) is 0 Å². The summed E-state index contributed by atoms with van der Waals surface area (Å²) in [6.45, 7) is 12.1. The van der Waals surface area contributed by atoms with Crippen LogP contribution in [0.3, 0.4) is 0 Å². The van der Waals surface area contributed by atoms with Crippen LogP contribution in [0.5, 0.6) is 0 Å². The minimum atomic E-state index is -0.826. The third-order valence-corrected chi connectivity index (χ3v) is 5.03. The van der Waals surface area contributed by atoms with Crippen LogP contribution in [-0.4, -0.2) is 82.9 Å². The van der Waals surface area contributed by atoms with E-state index in [4.69, 9.17) is 9.84 Å². The van der Waals surface area contributed by atoms with E-state index in [0.717, 1.165) is 39.0 Å². The molecule has 2 aliphatic rings. The van der Waals surface area contributed by atoms with E-state index < -0.39 is 11.7 Å². The molecule has 138 valence electrons. The zero-order valence-electron chi connectivity index (χ0n) is 15.3. The van der Waals surface area contributed by atoms with E-state index in [-0.39, 0.29) is 6.09 Å². The molecule has 2 heterocycles. The second-order valence-electron chi connectivity index (χ2n) is 7.85. The lowest BCUT2D eigenvalue weighted by Crippen LogP contribution is -2.54. The molecule has 2 rings (SSSR count). The van der Waals surface area contributed by atoms with E-state index in [0.29, 0.717) is 25.0 Å². The first-order chi connectivity index (χ1) is 11.2. The number of amides is 2. The molecule has 0 aliphatic carbocycles. The lowest BCUT2D eigenvalue weighted by molar-refractivity contribution is 0.0109. The van der Waals surface area contributed by atoms with Crippen molar-refractivity contribution >= 4 is 12.2 Å². The number of nitrogens with zero attached hydrogens (tertiary/aromatic N) is 3. The standard InChI is InChI=1S/C17H31N3O4/c1-13(18-9-11-19(12-10-18)15(21)22)14-5-7-20(8-6-14)16(23)24-17(2,3)4/h13-14H,5-12H2,1-4H3,(H,21,22)/t13-/m0/s1. The second-order valence-corrected chi connectivity index (χ2v) is 7.85. The van der Waals surface area contributed by atoms with Crippen LogP contribution in [0, 0.1) is 5.92 Å². The molecular formula is C17H31N3O4. The largest absolute Gasteiger partial charge is 0.465 e. The first-order valence-corrected chi connectivity index (χ1v) is 8.87. The minimum Gasteiger partial charge on any atom is -0.465 e. The highest BCUT2D eigenvalue weighted by Crippen LogP contribution is 2.26. The molecule has 7 nitrogen and oxygen atoms in total. The molecule has 0 unspecified atom stereocenters. The van der Waals surface area contributed by atoms with Crippen LogP contribution in [0.15, 0.2) is 0 Å². The molecule has 0 radical (unpaired) electrons. The number of piperazine rings is 1. The van der Waals surface area contributed by atoms with Crippen molar-refractivity contribution in [2.24, 2.45) is 5.92 Å². The lowest BCUT2D eigenvalue weighted by Gasteiger charge is -2.42. The number of carboxylic acid groups (broad SMARTS) is 1. The van der Waals surface area contributed by atoms with Crippen molar-refractivity contribution < 1.29 is 19.4 Å². The van der Waals surface area contributed by atoms with Crippen molar-refractivity contribution in [3.63, 3.8) is 0 Å². The van der Waals surface area contributed by atoms with E-state index in [1.165, 1.54) is 4.90 Å². The highest BCUT2D eigenvalue weighted by Gasteiger charge is 2.32. The summed E-state index contributed by atoms with van der Waals surface area (Å²) in [7, 11) is 0. The highest BCUT2D eigenvalue weighted by atomic mass is 16.6. The number of hydrogen-bond donors (Lipinski definition) is 1. The van der Waals surface area contributed by atoms with Gasteiger partial charge < -0.3 is 19.6 Å². The number of piperidine rings is 1. The molecule has 0 saturated carbocycles. The number of ether oxygens (including phenoxy) is 1. The first-order valence-electron chi connectivity index (χ1n) is 8.87. The maximum absolute atomic E-state index is 12.1. The van der Waals surface area contributed by atoms with Crippen LogP contribution in [0.25, 0.3) is 0 Å². The zero-order valence-corrected chi connectivity index (χ0v) is 15.3. The average Bonchev–Trinajstić information content (AvgIpc) is 2.53. The van der Waals surface area contributed by atoms with E-state index in [2.05, 4.69) is 11.8 Å². The van der Waals surface area contributed by atoms with E-state index in [9.17, 15) is 9.59 Å². The van der Waals surface area contributed by atoms with Gasteiger partial charge in [0.2, 0.25) is 0 Å². The normalized spacial score (nSPS) is 22.3. The molecule has 0 spiro atoms. The monoisotopic (exact) mass is 341 g/mol. The summed E-state index contributed by atoms with van der Waals surface area (Å²) in [6.07, 6.45) is 0.899. The topological polar surface area (TPSA) is 73.3 Å². The summed E-state index contributed by atoms with van der Waals surface area (Å²) in [5.74, 6) is 0.542. The van der Waals surface area contributed by atoms with Gasteiger partial charge in [0.05, 0.1) is 0 Å². The number of hydrogen-bond acceptors (Lipinski definition) is 4. The van der Waals surface area contributed by atoms with Crippen molar-refractivity contribution in [2.75, 3.05) is 39.3 Å². The summed E-state index contributed by atoms with van der Waals surface area (Å²) in [5, 5.41) is 9.03. The number of rotatable bonds is 2. The number of carbonyl (C=O) groups is 2. The Morgan fingerprint density at radius 3 is 2.00 bits per heavy atom. The number of carbonyl (C=O) groups excluding carboxylic acids is 1. The predicted molar refractivity (Wildman–Crippen MR) is 91.2 cm³/mol. The Morgan fingerprint density at radius 1 is 1.00 bits per heavy atom. The minimum absolute atomic E-state index is 0.219. The Labute approximate surface area is 144 Å². The number of likely N-dealkylation sites (tertiary alicyclic amines) is 1. The summed E-state index contributed by atoms with van der Waals surface area (Å²) >= 11 is 0. The molecule has 24 heavy (non-hydrogen) atoms. The van der Waals surface area contributed by atoms with Crippen LogP contribution in [0.1, 0.15) is 40.5 Å².